The molecule has 1 fully saturated rings. The van der Waals surface area contributed by atoms with E-state index in [1.54, 1.807) is 0 Å². The van der Waals surface area contributed by atoms with Crippen LogP contribution in [0, 0.1) is 17.2 Å². The molecule has 1 saturated heterocycles. The fraction of sp³-hybridized carbons (Fsp3) is 0.571. The van der Waals surface area contributed by atoms with Crippen LogP contribution in [0.4, 0.5) is 0 Å². The van der Waals surface area contributed by atoms with E-state index >= 15 is 0 Å². The predicted octanol–water partition coefficient (Wildman–Crippen LogP) is 0.676. The van der Waals surface area contributed by atoms with E-state index in [2.05, 4.69) is 11.4 Å². The summed E-state index contributed by atoms with van der Waals surface area (Å²) in [5.41, 5.74) is 0.925. The third-order valence-electron chi connectivity index (χ3n) is 1.66. The van der Waals surface area contributed by atoms with Crippen molar-refractivity contribution in [3.05, 3.63) is 11.6 Å². The van der Waals surface area contributed by atoms with Gasteiger partial charge >= 0.3 is 0 Å². The van der Waals surface area contributed by atoms with Crippen LogP contribution in [-0.4, -0.2) is 13.1 Å². The summed E-state index contributed by atoms with van der Waals surface area (Å²) in [6.45, 7) is 3.87. The Balaban J connectivity index is 2.50. The van der Waals surface area contributed by atoms with Gasteiger partial charge in [-0.25, -0.2) is 0 Å². The average Bonchev–Trinajstić information content (AvgIpc) is 1.78. The Morgan fingerprint density at radius 2 is 2.44 bits per heavy atom. The van der Waals surface area contributed by atoms with Crippen molar-refractivity contribution < 1.29 is 0 Å². The van der Waals surface area contributed by atoms with Crippen molar-refractivity contribution in [1.82, 2.24) is 5.32 Å². The van der Waals surface area contributed by atoms with E-state index < -0.39 is 0 Å². The molecular weight excluding hydrogens is 112 g/mol. The van der Waals surface area contributed by atoms with E-state index in [0.717, 1.165) is 18.7 Å². The van der Waals surface area contributed by atoms with E-state index in [1.807, 2.05) is 13.0 Å². The quantitative estimate of drug-likeness (QED) is 0.519. The predicted molar refractivity (Wildman–Crippen MR) is 35.7 cm³/mol. The Morgan fingerprint density at radius 3 is 2.56 bits per heavy atom. The van der Waals surface area contributed by atoms with Gasteiger partial charge in [-0.3, -0.25) is 0 Å². The van der Waals surface area contributed by atoms with Crippen LogP contribution in [0.1, 0.15) is 6.92 Å². The van der Waals surface area contributed by atoms with Gasteiger partial charge in [-0.1, -0.05) is 6.08 Å². The minimum atomic E-state index is 0.500. The fourth-order valence-electron chi connectivity index (χ4n) is 0.900. The number of hydrogen-bond donors (Lipinski definition) is 1. The molecule has 1 aliphatic rings. The number of nitrogens with zero attached hydrogens (tertiary/aromatic N) is 1. The smallest absolute Gasteiger partial charge is 0.0947 e. The van der Waals surface area contributed by atoms with Crippen molar-refractivity contribution >= 4 is 0 Å². The number of nitrogens with one attached hydrogen (secondary N) is 1. The monoisotopic (exact) mass is 122 g/mol. The molecule has 1 rings (SSSR count). The highest BCUT2D eigenvalue weighted by molar-refractivity contribution is 5.25. The Morgan fingerprint density at radius 1 is 1.78 bits per heavy atom. The van der Waals surface area contributed by atoms with Gasteiger partial charge in [0.15, 0.2) is 0 Å². The Labute approximate surface area is 55.2 Å². The molecule has 0 aromatic rings. The van der Waals surface area contributed by atoms with Gasteiger partial charge in [-0.15, -0.1) is 0 Å². The van der Waals surface area contributed by atoms with Gasteiger partial charge in [-0.05, 0) is 6.92 Å². The third-order valence-corrected chi connectivity index (χ3v) is 1.66. The molecule has 0 amide bonds. The first-order valence-electron chi connectivity index (χ1n) is 3.15. The molecule has 0 atom stereocenters. The highest BCUT2D eigenvalue weighted by atomic mass is 14.9. The second-order valence-electron chi connectivity index (χ2n) is 2.21. The highest BCUT2D eigenvalue weighted by Gasteiger charge is 2.19. The van der Waals surface area contributed by atoms with Gasteiger partial charge in [0.05, 0.1) is 6.07 Å². The maximum absolute atomic E-state index is 8.52. The van der Waals surface area contributed by atoms with Crippen molar-refractivity contribution in [3.63, 3.8) is 0 Å². The molecule has 0 saturated carbocycles. The van der Waals surface area contributed by atoms with Gasteiger partial charge in [0.25, 0.3) is 0 Å². The van der Waals surface area contributed by atoms with Crippen LogP contribution < -0.4 is 5.32 Å². The Kier molecular flexibility index (Phi) is 1.86. The van der Waals surface area contributed by atoms with Crippen LogP contribution in [0.15, 0.2) is 11.6 Å². The SMILES string of the molecule is CC=C(C#N)C1CNC1. The molecule has 0 aliphatic carbocycles. The summed E-state index contributed by atoms with van der Waals surface area (Å²) in [7, 11) is 0. The lowest BCUT2D eigenvalue weighted by Gasteiger charge is -2.26. The molecule has 48 valence electrons. The molecule has 0 radical (unpaired) electrons. The lowest BCUT2D eigenvalue weighted by Crippen LogP contribution is -2.42. The zero-order chi connectivity index (χ0) is 6.69. The molecular formula is C7H10N2. The Hall–Kier alpha value is -0.810. The summed E-state index contributed by atoms with van der Waals surface area (Å²) >= 11 is 0. The molecule has 0 unspecified atom stereocenters. The first kappa shape index (κ1) is 6.31. The lowest BCUT2D eigenvalue weighted by atomic mass is 9.94. The van der Waals surface area contributed by atoms with E-state index in [9.17, 15) is 0 Å². The molecule has 0 aromatic heterocycles. The summed E-state index contributed by atoms with van der Waals surface area (Å²) in [5, 5.41) is 11.6. The number of nitriles is 1. The van der Waals surface area contributed by atoms with Gasteiger partial charge < -0.3 is 5.32 Å². The largest absolute Gasteiger partial charge is 0.315 e. The summed E-state index contributed by atoms with van der Waals surface area (Å²) in [6.07, 6.45) is 1.89. The standard InChI is InChI=1S/C7H10N2/c1-2-6(3-8)7-4-9-5-7/h2,7,9H,4-5H2,1H3. The lowest BCUT2D eigenvalue weighted by molar-refractivity contribution is 0.406. The Bertz CT molecular complexity index is 160. The molecule has 0 bridgehead atoms. The zero-order valence-corrected chi connectivity index (χ0v) is 5.52. The van der Waals surface area contributed by atoms with E-state index in [0.29, 0.717) is 5.92 Å². The summed E-state index contributed by atoms with van der Waals surface area (Å²) in [5.74, 6) is 0.500. The van der Waals surface area contributed by atoms with Crippen LogP contribution in [0.5, 0.6) is 0 Å². The van der Waals surface area contributed by atoms with Gasteiger partial charge in [0, 0.05) is 24.6 Å². The van der Waals surface area contributed by atoms with Crippen molar-refractivity contribution in [1.29, 1.82) is 5.26 Å². The van der Waals surface area contributed by atoms with Crippen molar-refractivity contribution in [3.8, 4) is 6.07 Å². The van der Waals surface area contributed by atoms with Crippen molar-refractivity contribution in [2.24, 2.45) is 5.92 Å². The molecule has 0 spiro atoms. The summed E-state index contributed by atoms with van der Waals surface area (Å²) < 4.78 is 0. The van der Waals surface area contributed by atoms with Gasteiger partial charge in [-0.2, -0.15) is 5.26 Å². The second kappa shape index (κ2) is 2.65. The molecule has 9 heavy (non-hydrogen) atoms. The normalized spacial score (nSPS) is 20.7. The second-order valence-corrected chi connectivity index (χ2v) is 2.21. The minimum Gasteiger partial charge on any atom is -0.315 e. The first-order chi connectivity index (χ1) is 4.38. The molecule has 1 N–H and O–H groups in total. The summed E-state index contributed by atoms with van der Waals surface area (Å²) in [4.78, 5) is 0. The van der Waals surface area contributed by atoms with Crippen LogP contribution in [0.25, 0.3) is 0 Å². The summed E-state index contributed by atoms with van der Waals surface area (Å²) in [6, 6.07) is 2.17. The average molecular weight is 122 g/mol. The van der Waals surface area contributed by atoms with Crippen LogP contribution in [0.3, 0.4) is 0 Å². The van der Waals surface area contributed by atoms with Crippen molar-refractivity contribution in [2.45, 2.75) is 6.92 Å². The third kappa shape index (κ3) is 1.11. The van der Waals surface area contributed by atoms with E-state index in [-0.39, 0.29) is 0 Å². The molecule has 2 heteroatoms. The van der Waals surface area contributed by atoms with Gasteiger partial charge in [0.2, 0.25) is 0 Å². The van der Waals surface area contributed by atoms with Crippen LogP contribution >= 0.6 is 0 Å². The first-order valence-corrected chi connectivity index (χ1v) is 3.15. The number of hydrogen-bond acceptors (Lipinski definition) is 2. The molecule has 2 nitrogen and oxygen atoms in total. The number of allylic oxidation sites excluding steroid dienone is 1. The van der Waals surface area contributed by atoms with Crippen LogP contribution in [0.2, 0.25) is 0 Å². The fourth-order valence-corrected chi connectivity index (χ4v) is 0.900. The van der Waals surface area contributed by atoms with Gasteiger partial charge in [0.1, 0.15) is 0 Å². The molecule has 0 aromatic carbocycles. The minimum absolute atomic E-state index is 0.500. The highest BCUT2D eigenvalue weighted by Crippen LogP contribution is 2.13. The van der Waals surface area contributed by atoms with Crippen molar-refractivity contribution in [2.75, 3.05) is 13.1 Å². The van der Waals surface area contributed by atoms with E-state index in [4.69, 9.17) is 5.26 Å². The number of rotatable bonds is 1. The maximum Gasteiger partial charge on any atom is 0.0947 e. The van der Waals surface area contributed by atoms with E-state index in [1.165, 1.54) is 0 Å². The topological polar surface area (TPSA) is 35.8 Å². The molecule has 1 heterocycles. The maximum atomic E-state index is 8.52. The van der Waals surface area contributed by atoms with Crippen LogP contribution in [-0.2, 0) is 0 Å². The zero-order valence-electron chi connectivity index (χ0n) is 5.52. The molecule has 1 aliphatic heterocycles.